The maximum absolute atomic E-state index is 5.62. The van der Waals surface area contributed by atoms with Crippen molar-refractivity contribution in [2.75, 3.05) is 18.6 Å². The summed E-state index contributed by atoms with van der Waals surface area (Å²) in [6.45, 7) is 0.536. The lowest BCUT2D eigenvalue weighted by molar-refractivity contribution is 0.938. The Morgan fingerprint density at radius 2 is 1.79 bits per heavy atom. The summed E-state index contributed by atoms with van der Waals surface area (Å²) in [6, 6.07) is 14.6. The maximum Gasteiger partial charge on any atom is 0.0653 e. The molecule has 0 amide bonds. The molecule has 0 atom stereocenters. The lowest BCUT2D eigenvalue weighted by atomic mass is 10.1. The van der Waals surface area contributed by atoms with Crippen molar-refractivity contribution >= 4 is 16.5 Å². The second-order valence-electron chi connectivity index (χ2n) is 3.38. The molecule has 2 N–H and O–H groups in total. The number of anilines is 1. The van der Waals surface area contributed by atoms with Gasteiger partial charge in [-0.1, -0.05) is 36.4 Å². The molecule has 0 fully saturated rings. The SMILES string of the molecule is CN(CN)c1cccc2ccccc12. The van der Waals surface area contributed by atoms with Gasteiger partial charge in [0.2, 0.25) is 0 Å². The minimum Gasteiger partial charge on any atom is -0.362 e. The molecule has 14 heavy (non-hydrogen) atoms. The van der Waals surface area contributed by atoms with Crippen molar-refractivity contribution in [1.82, 2.24) is 0 Å². The van der Waals surface area contributed by atoms with Crippen molar-refractivity contribution in [3.05, 3.63) is 42.5 Å². The Kier molecular flexibility index (Phi) is 2.37. The van der Waals surface area contributed by atoms with Crippen LogP contribution in [0, 0.1) is 0 Å². The number of fused-ring (bicyclic) bond motifs is 1. The fraction of sp³-hybridized carbons (Fsp3) is 0.167. The van der Waals surface area contributed by atoms with Gasteiger partial charge in [0.25, 0.3) is 0 Å². The van der Waals surface area contributed by atoms with Crippen LogP contribution in [0.3, 0.4) is 0 Å². The van der Waals surface area contributed by atoms with E-state index in [1.807, 2.05) is 11.9 Å². The van der Waals surface area contributed by atoms with Crippen LogP contribution < -0.4 is 10.6 Å². The van der Waals surface area contributed by atoms with E-state index in [4.69, 9.17) is 5.73 Å². The van der Waals surface area contributed by atoms with Crippen molar-refractivity contribution in [1.29, 1.82) is 0 Å². The maximum atomic E-state index is 5.62. The molecule has 0 radical (unpaired) electrons. The van der Waals surface area contributed by atoms with Crippen LogP contribution in [0.5, 0.6) is 0 Å². The van der Waals surface area contributed by atoms with Gasteiger partial charge in [-0.25, -0.2) is 0 Å². The molecule has 2 aromatic carbocycles. The minimum atomic E-state index is 0.536. The molecule has 0 saturated carbocycles. The summed E-state index contributed by atoms with van der Waals surface area (Å²) in [7, 11) is 2.00. The van der Waals surface area contributed by atoms with Crippen LogP contribution in [0.2, 0.25) is 0 Å². The third-order valence-corrected chi connectivity index (χ3v) is 2.45. The number of hydrogen-bond acceptors (Lipinski definition) is 2. The van der Waals surface area contributed by atoms with Crippen molar-refractivity contribution < 1.29 is 0 Å². The van der Waals surface area contributed by atoms with E-state index in [0.717, 1.165) is 0 Å². The lowest BCUT2D eigenvalue weighted by Crippen LogP contribution is -2.25. The first-order valence-corrected chi connectivity index (χ1v) is 4.72. The number of rotatable bonds is 2. The first kappa shape index (κ1) is 9.03. The second kappa shape index (κ2) is 3.68. The quantitative estimate of drug-likeness (QED) is 0.728. The fourth-order valence-electron chi connectivity index (χ4n) is 1.64. The topological polar surface area (TPSA) is 29.3 Å². The zero-order chi connectivity index (χ0) is 9.97. The van der Waals surface area contributed by atoms with Gasteiger partial charge in [0.15, 0.2) is 0 Å². The highest BCUT2D eigenvalue weighted by atomic mass is 15.1. The molecule has 0 aliphatic rings. The predicted molar refractivity (Wildman–Crippen MR) is 61.4 cm³/mol. The summed E-state index contributed by atoms with van der Waals surface area (Å²) in [5.41, 5.74) is 6.81. The summed E-state index contributed by atoms with van der Waals surface area (Å²) in [5, 5.41) is 2.51. The molecule has 2 heteroatoms. The first-order valence-electron chi connectivity index (χ1n) is 4.72. The van der Waals surface area contributed by atoms with Gasteiger partial charge in [0.05, 0.1) is 6.67 Å². The van der Waals surface area contributed by atoms with Crippen molar-refractivity contribution in [2.45, 2.75) is 0 Å². The Balaban J connectivity index is 2.65. The number of nitrogens with zero attached hydrogens (tertiary/aromatic N) is 1. The molecule has 0 saturated heterocycles. The smallest absolute Gasteiger partial charge is 0.0653 e. The van der Waals surface area contributed by atoms with Gasteiger partial charge in [-0.15, -0.1) is 0 Å². The fourth-order valence-corrected chi connectivity index (χ4v) is 1.64. The first-order chi connectivity index (χ1) is 6.83. The van der Waals surface area contributed by atoms with Gasteiger partial charge in [0, 0.05) is 18.1 Å². The monoisotopic (exact) mass is 186 g/mol. The summed E-state index contributed by atoms with van der Waals surface area (Å²) in [5.74, 6) is 0. The van der Waals surface area contributed by atoms with E-state index < -0.39 is 0 Å². The molecule has 0 bridgehead atoms. The molecular weight excluding hydrogens is 172 g/mol. The van der Waals surface area contributed by atoms with E-state index in [-0.39, 0.29) is 0 Å². The van der Waals surface area contributed by atoms with E-state index in [0.29, 0.717) is 6.67 Å². The standard InChI is InChI=1S/C12H14N2/c1-14(9-13)12-8-4-6-10-5-2-3-7-11(10)12/h2-8H,9,13H2,1H3. The van der Waals surface area contributed by atoms with Crippen LogP contribution in [-0.4, -0.2) is 13.7 Å². The molecule has 2 aromatic rings. The van der Waals surface area contributed by atoms with Gasteiger partial charge in [-0.05, 0) is 11.5 Å². The Morgan fingerprint density at radius 3 is 2.57 bits per heavy atom. The highest BCUT2D eigenvalue weighted by molar-refractivity contribution is 5.94. The normalized spacial score (nSPS) is 10.4. The van der Waals surface area contributed by atoms with Crippen molar-refractivity contribution in [2.24, 2.45) is 5.73 Å². The molecule has 2 rings (SSSR count). The van der Waals surface area contributed by atoms with Gasteiger partial charge < -0.3 is 10.6 Å². The Morgan fingerprint density at radius 1 is 1.07 bits per heavy atom. The van der Waals surface area contributed by atoms with Crippen LogP contribution in [0.4, 0.5) is 5.69 Å². The van der Waals surface area contributed by atoms with Gasteiger partial charge in [-0.3, -0.25) is 0 Å². The summed E-state index contributed by atoms with van der Waals surface area (Å²) < 4.78 is 0. The molecule has 0 spiro atoms. The van der Waals surface area contributed by atoms with E-state index >= 15 is 0 Å². The third-order valence-electron chi connectivity index (χ3n) is 2.45. The molecular formula is C12H14N2. The zero-order valence-corrected chi connectivity index (χ0v) is 8.27. The average Bonchev–Trinajstić information content (AvgIpc) is 2.27. The van der Waals surface area contributed by atoms with Gasteiger partial charge in [0.1, 0.15) is 0 Å². The Labute approximate surface area is 83.9 Å². The molecule has 0 heterocycles. The van der Waals surface area contributed by atoms with E-state index in [9.17, 15) is 0 Å². The molecule has 0 aliphatic heterocycles. The lowest BCUT2D eigenvalue weighted by Gasteiger charge is -2.18. The minimum absolute atomic E-state index is 0.536. The number of hydrogen-bond donors (Lipinski definition) is 1. The molecule has 0 aliphatic carbocycles. The predicted octanol–water partition coefficient (Wildman–Crippen LogP) is 2.19. The van der Waals surface area contributed by atoms with E-state index in [2.05, 4.69) is 42.5 Å². The molecule has 0 unspecified atom stereocenters. The highest BCUT2D eigenvalue weighted by Crippen LogP contribution is 2.24. The van der Waals surface area contributed by atoms with Crippen LogP contribution in [0.25, 0.3) is 10.8 Å². The Hall–Kier alpha value is -1.54. The number of benzene rings is 2. The zero-order valence-electron chi connectivity index (χ0n) is 8.27. The molecule has 72 valence electrons. The number of nitrogens with two attached hydrogens (primary N) is 1. The third kappa shape index (κ3) is 1.44. The van der Waals surface area contributed by atoms with Crippen LogP contribution in [0.15, 0.2) is 42.5 Å². The largest absolute Gasteiger partial charge is 0.362 e. The second-order valence-corrected chi connectivity index (χ2v) is 3.38. The van der Waals surface area contributed by atoms with E-state index in [1.54, 1.807) is 0 Å². The summed E-state index contributed by atoms with van der Waals surface area (Å²) >= 11 is 0. The highest BCUT2D eigenvalue weighted by Gasteiger charge is 2.02. The van der Waals surface area contributed by atoms with Gasteiger partial charge in [-0.2, -0.15) is 0 Å². The van der Waals surface area contributed by atoms with Crippen LogP contribution in [0.1, 0.15) is 0 Å². The Bertz CT molecular complexity index is 432. The molecule has 0 aromatic heterocycles. The van der Waals surface area contributed by atoms with E-state index in [1.165, 1.54) is 16.5 Å². The van der Waals surface area contributed by atoms with Crippen LogP contribution in [-0.2, 0) is 0 Å². The van der Waals surface area contributed by atoms with Crippen molar-refractivity contribution in [3.8, 4) is 0 Å². The van der Waals surface area contributed by atoms with Crippen molar-refractivity contribution in [3.63, 3.8) is 0 Å². The van der Waals surface area contributed by atoms with Crippen LogP contribution >= 0.6 is 0 Å². The van der Waals surface area contributed by atoms with Gasteiger partial charge >= 0.3 is 0 Å². The average molecular weight is 186 g/mol. The molecule has 2 nitrogen and oxygen atoms in total. The summed E-state index contributed by atoms with van der Waals surface area (Å²) in [4.78, 5) is 2.04. The summed E-state index contributed by atoms with van der Waals surface area (Å²) in [6.07, 6.45) is 0.